The van der Waals surface area contributed by atoms with Crippen LogP contribution in [0.5, 0.6) is 11.5 Å². The number of hydrogen-bond donors (Lipinski definition) is 0. The fraction of sp³-hybridized carbons (Fsp3) is 0.312. The summed E-state index contributed by atoms with van der Waals surface area (Å²) >= 11 is 0. The maximum atomic E-state index is 5.82. The third kappa shape index (κ3) is 3.47. The van der Waals surface area contributed by atoms with Gasteiger partial charge in [0.1, 0.15) is 11.5 Å². The molecule has 1 aromatic carbocycles. The molecule has 0 atom stereocenters. The summed E-state index contributed by atoms with van der Waals surface area (Å²) in [6.45, 7) is 6.64. The number of nitrogens with zero attached hydrogens (tertiary/aromatic N) is 1. The maximum Gasteiger partial charge on any atom is 0.129 e. The van der Waals surface area contributed by atoms with Crippen molar-refractivity contribution < 1.29 is 9.47 Å². The fourth-order valence-corrected chi connectivity index (χ4v) is 1.85. The van der Waals surface area contributed by atoms with E-state index in [2.05, 4.69) is 4.98 Å². The Morgan fingerprint density at radius 1 is 1.16 bits per heavy atom. The summed E-state index contributed by atoms with van der Waals surface area (Å²) in [5.74, 6) is 1.67. The Kier molecular flexibility index (Phi) is 4.39. The predicted octanol–water partition coefficient (Wildman–Crippen LogP) is 3.93. The monoisotopic (exact) mass is 257 g/mol. The van der Waals surface area contributed by atoms with Crippen LogP contribution in [0.3, 0.4) is 0 Å². The molecule has 0 radical (unpaired) electrons. The van der Waals surface area contributed by atoms with Gasteiger partial charge in [0.15, 0.2) is 0 Å². The Hall–Kier alpha value is -2.03. The minimum absolute atomic E-state index is 0.135. The van der Waals surface area contributed by atoms with E-state index in [1.165, 1.54) is 0 Å². The van der Waals surface area contributed by atoms with Crippen molar-refractivity contribution in [3.8, 4) is 22.8 Å². The second-order valence-corrected chi connectivity index (χ2v) is 4.47. The summed E-state index contributed by atoms with van der Waals surface area (Å²) in [4.78, 5) is 4.40. The highest BCUT2D eigenvalue weighted by Gasteiger charge is 2.09. The Bertz CT molecular complexity index is 538. The largest absolute Gasteiger partial charge is 0.494 e. The molecule has 0 saturated carbocycles. The summed E-state index contributed by atoms with van der Waals surface area (Å²) in [5.41, 5.74) is 1.85. The molecule has 0 spiro atoms. The molecule has 3 heteroatoms. The van der Waals surface area contributed by atoms with Crippen molar-refractivity contribution in [2.24, 2.45) is 0 Å². The molecule has 19 heavy (non-hydrogen) atoms. The molecule has 1 heterocycles. The molecule has 0 N–H and O–H groups in total. The first-order chi connectivity index (χ1) is 9.20. The smallest absolute Gasteiger partial charge is 0.129 e. The van der Waals surface area contributed by atoms with Crippen LogP contribution in [0.4, 0.5) is 0 Å². The predicted molar refractivity (Wildman–Crippen MR) is 76.6 cm³/mol. The molecular formula is C16H19NO2. The second kappa shape index (κ2) is 6.23. The fourth-order valence-electron chi connectivity index (χ4n) is 1.85. The van der Waals surface area contributed by atoms with E-state index < -0.39 is 0 Å². The average molecular weight is 257 g/mol. The molecule has 0 amide bonds. The van der Waals surface area contributed by atoms with Crippen LogP contribution < -0.4 is 9.47 Å². The van der Waals surface area contributed by atoms with Crippen molar-refractivity contribution in [3.05, 3.63) is 42.6 Å². The lowest BCUT2D eigenvalue weighted by atomic mass is 10.1. The van der Waals surface area contributed by atoms with Crippen molar-refractivity contribution >= 4 is 0 Å². The van der Waals surface area contributed by atoms with E-state index >= 15 is 0 Å². The molecule has 0 aliphatic rings. The normalized spacial score (nSPS) is 10.5. The zero-order valence-electron chi connectivity index (χ0n) is 11.6. The third-order valence-corrected chi connectivity index (χ3v) is 2.57. The number of benzene rings is 1. The van der Waals surface area contributed by atoms with Crippen molar-refractivity contribution in [1.29, 1.82) is 0 Å². The van der Waals surface area contributed by atoms with E-state index in [4.69, 9.17) is 9.47 Å². The lowest BCUT2D eigenvalue weighted by molar-refractivity contribution is 0.243. The van der Waals surface area contributed by atoms with Crippen LogP contribution >= 0.6 is 0 Å². The van der Waals surface area contributed by atoms with Gasteiger partial charge >= 0.3 is 0 Å². The van der Waals surface area contributed by atoms with Crippen LogP contribution in [0.2, 0.25) is 0 Å². The van der Waals surface area contributed by atoms with Gasteiger partial charge in [-0.3, -0.25) is 4.98 Å². The van der Waals surface area contributed by atoms with Gasteiger partial charge in [-0.1, -0.05) is 12.1 Å². The molecule has 0 aliphatic carbocycles. The lowest BCUT2D eigenvalue weighted by Crippen LogP contribution is -2.06. The van der Waals surface area contributed by atoms with E-state index in [0.717, 1.165) is 22.8 Å². The highest BCUT2D eigenvalue weighted by molar-refractivity contribution is 5.68. The maximum absolute atomic E-state index is 5.82. The van der Waals surface area contributed by atoms with Gasteiger partial charge in [-0.15, -0.1) is 0 Å². The van der Waals surface area contributed by atoms with Crippen LogP contribution in [-0.2, 0) is 0 Å². The van der Waals surface area contributed by atoms with Crippen LogP contribution in [0, 0.1) is 0 Å². The molecule has 2 rings (SSSR count). The quantitative estimate of drug-likeness (QED) is 0.813. The minimum atomic E-state index is 0.135. The van der Waals surface area contributed by atoms with E-state index in [-0.39, 0.29) is 6.10 Å². The number of aromatic nitrogens is 1. The van der Waals surface area contributed by atoms with E-state index in [0.29, 0.717) is 6.61 Å². The highest BCUT2D eigenvalue weighted by atomic mass is 16.5. The Morgan fingerprint density at radius 2 is 1.95 bits per heavy atom. The molecule has 1 aromatic heterocycles. The van der Waals surface area contributed by atoms with Crippen molar-refractivity contribution in [1.82, 2.24) is 4.98 Å². The van der Waals surface area contributed by atoms with Gasteiger partial charge in [-0.05, 0) is 39.0 Å². The topological polar surface area (TPSA) is 31.4 Å². The first kappa shape index (κ1) is 13.4. The van der Waals surface area contributed by atoms with Crippen molar-refractivity contribution in [3.63, 3.8) is 0 Å². The van der Waals surface area contributed by atoms with Crippen LogP contribution in [0.15, 0.2) is 42.6 Å². The van der Waals surface area contributed by atoms with Crippen LogP contribution in [0.1, 0.15) is 20.8 Å². The number of hydrogen-bond acceptors (Lipinski definition) is 3. The SMILES string of the molecule is CCOc1ccnc(-c2ccccc2OC(C)C)c1. The average Bonchev–Trinajstić information content (AvgIpc) is 2.39. The number of pyridine rings is 1. The third-order valence-electron chi connectivity index (χ3n) is 2.57. The Balaban J connectivity index is 2.37. The van der Waals surface area contributed by atoms with Gasteiger partial charge in [-0.2, -0.15) is 0 Å². The Morgan fingerprint density at radius 3 is 2.68 bits per heavy atom. The van der Waals surface area contributed by atoms with E-state index in [1.54, 1.807) is 6.20 Å². The zero-order chi connectivity index (χ0) is 13.7. The molecule has 0 bridgehead atoms. The molecular weight excluding hydrogens is 238 g/mol. The van der Waals surface area contributed by atoms with Crippen molar-refractivity contribution in [2.75, 3.05) is 6.61 Å². The summed E-state index contributed by atoms with van der Waals surface area (Å²) in [6.07, 6.45) is 1.89. The van der Waals surface area contributed by atoms with Crippen LogP contribution in [0.25, 0.3) is 11.3 Å². The molecule has 2 aromatic rings. The van der Waals surface area contributed by atoms with E-state index in [1.807, 2.05) is 57.2 Å². The van der Waals surface area contributed by atoms with Crippen molar-refractivity contribution in [2.45, 2.75) is 26.9 Å². The zero-order valence-corrected chi connectivity index (χ0v) is 11.6. The first-order valence-corrected chi connectivity index (χ1v) is 6.55. The molecule has 3 nitrogen and oxygen atoms in total. The van der Waals surface area contributed by atoms with Gasteiger partial charge in [-0.25, -0.2) is 0 Å². The van der Waals surface area contributed by atoms with Crippen LogP contribution in [-0.4, -0.2) is 17.7 Å². The standard InChI is InChI=1S/C16H19NO2/c1-4-18-13-9-10-17-15(11-13)14-7-5-6-8-16(14)19-12(2)3/h5-12H,4H2,1-3H3. The van der Waals surface area contributed by atoms with Gasteiger partial charge in [0, 0.05) is 17.8 Å². The second-order valence-electron chi connectivity index (χ2n) is 4.47. The summed E-state index contributed by atoms with van der Waals surface area (Å²) in [7, 11) is 0. The molecule has 0 unspecified atom stereocenters. The first-order valence-electron chi connectivity index (χ1n) is 6.55. The van der Waals surface area contributed by atoms with E-state index in [9.17, 15) is 0 Å². The van der Waals surface area contributed by atoms with Gasteiger partial charge in [0.2, 0.25) is 0 Å². The molecule has 100 valence electrons. The van der Waals surface area contributed by atoms with Gasteiger partial charge in [0.25, 0.3) is 0 Å². The number of ether oxygens (including phenoxy) is 2. The summed E-state index contributed by atoms with van der Waals surface area (Å²) in [5, 5.41) is 0. The molecule has 0 aliphatic heterocycles. The minimum Gasteiger partial charge on any atom is -0.494 e. The highest BCUT2D eigenvalue weighted by Crippen LogP contribution is 2.30. The molecule has 0 fully saturated rings. The molecule has 0 saturated heterocycles. The number of rotatable bonds is 5. The Labute approximate surface area is 114 Å². The van der Waals surface area contributed by atoms with Gasteiger partial charge in [0.05, 0.1) is 18.4 Å². The van der Waals surface area contributed by atoms with Gasteiger partial charge < -0.3 is 9.47 Å². The lowest BCUT2D eigenvalue weighted by Gasteiger charge is -2.14. The summed E-state index contributed by atoms with van der Waals surface area (Å²) < 4.78 is 11.3. The number of para-hydroxylation sites is 1. The summed E-state index contributed by atoms with van der Waals surface area (Å²) in [6, 6.07) is 11.7.